The summed E-state index contributed by atoms with van der Waals surface area (Å²) in [4.78, 5) is 12.4. The molecule has 1 aliphatic carbocycles. The third kappa shape index (κ3) is 2.82. The number of alkyl halides is 3. The topological polar surface area (TPSA) is 17.1 Å². The number of halogens is 3. The molecule has 2 aromatic carbocycles. The van der Waals surface area contributed by atoms with Crippen molar-refractivity contribution in [2.75, 3.05) is 0 Å². The zero-order valence-corrected chi connectivity index (χ0v) is 11.7. The van der Waals surface area contributed by atoms with Crippen LogP contribution in [-0.4, -0.2) is 5.78 Å². The summed E-state index contributed by atoms with van der Waals surface area (Å²) in [6.45, 7) is 0. The number of hydrogen-bond acceptors (Lipinski definition) is 1. The first-order valence-corrected chi connectivity index (χ1v) is 6.95. The molecule has 1 aliphatic rings. The molecule has 0 radical (unpaired) electrons. The fraction of sp³-hybridized carbons (Fsp3) is 0.167. The molecule has 3 rings (SSSR count). The van der Waals surface area contributed by atoms with E-state index in [9.17, 15) is 18.0 Å². The van der Waals surface area contributed by atoms with Crippen LogP contribution in [0.4, 0.5) is 13.2 Å². The highest BCUT2D eigenvalue weighted by Gasteiger charge is 2.30. The average molecular weight is 302 g/mol. The van der Waals surface area contributed by atoms with Crippen LogP contribution in [0.15, 0.2) is 54.1 Å². The normalized spacial score (nSPS) is 16.7. The van der Waals surface area contributed by atoms with Gasteiger partial charge in [0, 0.05) is 11.1 Å². The van der Waals surface area contributed by atoms with Crippen molar-refractivity contribution >= 4 is 11.9 Å². The summed E-state index contributed by atoms with van der Waals surface area (Å²) in [5.74, 6) is -0.0400. The summed E-state index contributed by atoms with van der Waals surface area (Å²) < 4.78 is 37.6. The minimum Gasteiger partial charge on any atom is -0.289 e. The fourth-order valence-corrected chi connectivity index (χ4v) is 2.62. The Labute approximate surface area is 126 Å². The number of hydrogen-bond donors (Lipinski definition) is 0. The molecule has 0 aromatic heterocycles. The highest BCUT2D eigenvalue weighted by Crippen LogP contribution is 2.30. The van der Waals surface area contributed by atoms with Crippen LogP contribution in [0.3, 0.4) is 0 Å². The Bertz CT molecular complexity index is 740. The van der Waals surface area contributed by atoms with E-state index in [-0.39, 0.29) is 5.78 Å². The van der Waals surface area contributed by atoms with Gasteiger partial charge in [-0.05, 0) is 42.2 Å². The lowest BCUT2D eigenvalue weighted by Crippen LogP contribution is -2.13. The van der Waals surface area contributed by atoms with Crippen molar-refractivity contribution in [3.63, 3.8) is 0 Å². The van der Waals surface area contributed by atoms with Crippen molar-refractivity contribution in [3.05, 3.63) is 76.4 Å². The van der Waals surface area contributed by atoms with E-state index in [0.29, 0.717) is 23.1 Å². The van der Waals surface area contributed by atoms with Crippen LogP contribution in [-0.2, 0) is 12.6 Å². The van der Waals surface area contributed by atoms with Crippen LogP contribution in [0.1, 0.15) is 33.5 Å². The molecule has 112 valence electrons. The molecular formula is C18H13F3O. The zero-order chi connectivity index (χ0) is 15.7. The maximum Gasteiger partial charge on any atom is 0.416 e. The molecule has 0 saturated heterocycles. The number of carbonyl (C=O) groups is 1. The van der Waals surface area contributed by atoms with Gasteiger partial charge >= 0.3 is 6.18 Å². The van der Waals surface area contributed by atoms with Crippen molar-refractivity contribution in [2.45, 2.75) is 19.0 Å². The Morgan fingerprint density at radius 1 is 0.909 bits per heavy atom. The van der Waals surface area contributed by atoms with Crippen molar-refractivity contribution in [1.82, 2.24) is 0 Å². The van der Waals surface area contributed by atoms with Gasteiger partial charge in [-0.3, -0.25) is 4.79 Å². The number of allylic oxidation sites excluding steroid dienone is 1. The van der Waals surface area contributed by atoms with Gasteiger partial charge in [0.2, 0.25) is 0 Å². The maximum atomic E-state index is 12.5. The number of aryl methyl sites for hydroxylation is 1. The molecule has 1 nitrogen and oxygen atoms in total. The summed E-state index contributed by atoms with van der Waals surface area (Å²) in [5.41, 5.74) is 2.27. The Balaban J connectivity index is 1.89. The smallest absolute Gasteiger partial charge is 0.289 e. The molecule has 0 spiro atoms. The number of Topliss-reactive ketones (excluding diaryl/α,β-unsaturated/α-hetero) is 1. The molecule has 0 unspecified atom stereocenters. The number of carbonyl (C=O) groups excluding carboxylic acids is 1. The zero-order valence-electron chi connectivity index (χ0n) is 11.7. The van der Waals surface area contributed by atoms with Gasteiger partial charge in [-0.1, -0.05) is 36.4 Å². The quantitative estimate of drug-likeness (QED) is 0.683. The van der Waals surface area contributed by atoms with E-state index >= 15 is 0 Å². The van der Waals surface area contributed by atoms with E-state index in [4.69, 9.17) is 0 Å². The highest BCUT2D eigenvalue weighted by atomic mass is 19.4. The first-order valence-electron chi connectivity index (χ1n) is 6.95. The fourth-order valence-electron chi connectivity index (χ4n) is 2.62. The minimum atomic E-state index is -4.34. The number of fused-ring (bicyclic) bond motifs is 1. The molecule has 0 N–H and O–H groups in total. The van der Waals surface area contributed by atoms with Gasteiger partial charge in [0.25, 0.3) is 0 Å². The van der Waals surface area contributed by atoms with Crippen LogP contribution in [0.5, 0.6) is 0 Å². The van der Waals surface area contributed by atoms with Crippen LogP contribution < -0.4 is 0 Å². The molecule has 0 amide bonds. The standard InChI is InChI=1S/C18H13F3O/c19-18(20,21)15-9-5-12(6-10-15)11-14-8-7-13-3-1-2-4-16(13)17(14)22/h1-6,9-11H,7-8H2/b14-11-. The second kappa shape index (κ2) is 5.44. The molecule has 2 aromatic rings. The second-order valence-corrected chi connectivity index (χ2v) is 5.28. The molecule has 4 heteroatoms. The van der Waals surface area contributed by atoms with Crippen molar-refractivity contribution < 1.29 is 18.0 Å². The molecule has 0 saturated carbocycles. The van der Waals surface area contributed by atoms with E-state index in [0.717, 1.165) is 24.1 Å². The van der Waals surface area contributed by atoms with Gasteiger partial charge in [0.05, 0.1) is 5.56 Å². The molecule has 0 fully saturated rings. The molecule has 22 heavy (non-hydrogen) atoms. The molecule has 0 atom stereocenters. The van der Waals surface area contributed by atoms with Gasteiger partial charge < -0.3 is 0 Å². The van der Waals surface area contributed by atoms with Crippen molar-refractivity contribution in [1.29, 1.82) is 0 Å². The van der Waals surface area contributed by atoms with Crippen LogP contribution in [0, 0.1) is 0 Å². The van der Waals surface area contributed by atoms with Gasteiger partial charge in [-0.2, -0.15) is 13.2 Å². The third-order valence-corrected chi connectivity index (χ3v) is 3.80. The number of rotatable bonds is 1. The summed E-state index contributed by atoms with van der Waals surface area (Å²) in [5, 5.41) is 0. The molecule has 0 bridgehead atoms. The summed E-state index contributed by atoms with van der Waals surface area (Å²) in [7, 11) is 0. The third-order valence-electron chi connectivity index (χ3n) is 3.80. The van der Waals surface area contributed by atoms with E-state index in [1.807, 2.05) is 18.2 Å². The lowest BCUT2D eigenvalue weighted by atomic mass is 9.86. The lowest BCUT2D eigenvalue weighted by Gasteiger charge is -2.17. The van der Waals surface area contributed by atoms with Gasteiger partial charge in [0.1, 0.15) is 0 Å². The van der Waals surface area contributed by atoms with Crippen molar-refractivity contribution in [3.8, 4) is 0 Å². The Kier molecular flexibility index (Phi) is 3.61. The molecule has 0 aliphatic heterocycles. The Morgan fingerprint density at radius 3 is 2.27 bits per heavy atom. The predicted octanol–water partition coefficient (Wildman–Crippen LogP) is 4.92. The molecular weight excluding hydrogens is 289 g/mol. The van der Waals surface area contributed by atoms with E-state index in [1.54, 1.807) is 12.1 Å². The lowest BCUT2D eigenvalue weighted by molar-refractivity contribution is -0.137. The highest BCUT2D eigenvalue weighted by molar-refractivity contribution is 6.13. The first kappa shape index (κ1) is 14.6. The van der Waals surface area contributed by atoms with Gasteiger partial charge in [-0.15, -0.1) is 0 Å². The number of ketones is 1. The predicted molar refractivity (Wildman–Crippen MR) is 78.5 cm³/mol. The maximum absolute atomic E-state index is 12.5. The Morgan fingerprint density at radius 2 is 1.59 bits per heavy atom. The van der Waals surface area contributed by atoms with Crippen LogP contribution in [0.25, 0.3) is 6.08 Å². The van der Waals surface area contributed by atoms with Crippen molar-refractivity contribution in [2.24, 2.45) is 0 Å². The summed E-state index contributed by atoms with van der Waals surface area (Å²) >= 11 is 0. The Hall–Kier alpha value is -2.36. The minimum absolute atomic E-state index is 0.0400. The summed E-state index contributed by atoms with van der Waals surface area (Å²) in [6, 6.07) is 12.3. The largest absolute Gasteiger partial charge is 0.416 e. The average Bonchev–Trinajstić information content (AvgIpc) is 2.50. The molecule has 0 heterocycles. The SMILES string of the molecule is O=C1/C(=C\c2ccc(C(F)(F)F)cc2)CCc2ccccc21. The van der Waals surface area contributed by atoms with Crippen LogP contribution in [0.2, 0.25) is 0 Å². The second-order valence-electron chi connectivity index (χ2n) is 5.28. The van der Waals surface area contributed by atoms with E-state index < -0.39 is 11.7 Å². The van der Waals surface area contributed by atoms with E-state index in [2.05, 4.69) is 0 Å². The monoisotopic (exact) mass is 302 g/mol. The first-order chi connectivity index (χ1) is 10.4. The van der Waals surface area contributed by atoms with Gasteiger partial charge in [-0.25, -0.2) is 0 Å². The number of benzene rings is 2. The summed E-state index contributed by atoms with van der Waals surface area (Å²) in [6.07, 6.45) is -1.28. The van der Waals surface area contributed by atoms with Gasteiger partial charge in [0.15, 0.2) is 5.78 Å². The van der Waals surface area contributed by atoms with E-state index in [1.165, 1.54) is 12.1 Å². The van der Waals surface area contributed by atoms with Crippen LogP contribution >= 0.6 is 0 Å².